The number of primary amides is 1. The summed E-state index contributed by atoms with van der Waals surface area (Å²) in [5.41, 5.74) is 9.43. The first-order valence-electron chi connectivity index (χ1n) is 11.1. The van der Waals surface area contributed by atoms with E-state index in [1.807, 2.05) is 11.6 Å². The van der Waals surface area contributed by atoms with Crippen LogP contribution in [0, 0.1) is 6.92 Å². The van der Waals surface area contributed by atoms with Gasteiger partial charge in [-0.25, -0.2) is 4.98 Å². The van der Waals surface area contributed by atoms with Crippen molar-refractivity contribution in [2.24, 2.45) is 5.73 Å². The minimum Gasteiger partial charge on any atom is -0.491 e. The Labute approximate surface area is 185 Å². The number of amides is 1. The quantitative estimate of drug-likeness (QED) is 0.584. The summed E-state index contributed by atoms with van der Waals surface area (Å²) in [7, 11) is 0. The average molecular weight is 441 g/mol. The number of aromatic nitrogens is 4. The van der Waals surface area contributed by atoms with Gasteiger partial charge in [0.25, 0.3) is 0 Å². The smallest absolute Gasteiger partial charge is 0.248 e. The number of carbonyl (C=O) groups is 1. The molecule has 1 saturated heterocycles. The molecule has 0 spiro atoms. The highest BCUT2D eigenvalue weighted by atomic mass is 16.6. The summed E-state index contributed by atoms with van der Waals surface area (Å²) in [5.74, 6) is 0.756. The van der Waals surface area contributed by atoms with Crippen LogP contribution in [0.3, 0.4) is 0 Å². The molecule has 2 aromatic heterocycles. The van der Waals surface area contributed by atoms with Gasteiger partial charge in [0.05, 0.1) is 23.5 Å². The number of epoxide rings is 1. The molecular formula is C22H28N6O4. The molecule has 0 aliphatic carbocycles. The number of carbonyl (C=O) groups excluding carboxylic acids is 1. The van der Waals surface area contributed by atoms with E-state index in [4.69, 9.17) is 24.9 Å². The molecule has 1 fully saturated rings. The van der Waals surface area contributed by atoms with Gasteiger partial charge < -0.3 is 29.8 Å². The van der Waals surface area contributed by atoms with E-state index in [0.29, 0.717) is 49.1 Å². The number of benzene rings is 1. The van der Waals surface area contributed by atoms with Crippen LogP contribution in [0.15, 0.2) is 18.2 Å². The molecule has 5 rings (SSSR count). The lowest BCUT2D eigenvalue weighted by molar-refractivity contribution is 0.0999. The molecule has 10 nitrogen and oxygen atoms in total. The summed E-state index contributed by atoms with van der Waals surface area (Å²) < 4.78 is 21.7. The van der Waals surface area contributed by atoms with Crippen molar-refractivity contribution in [3.63, 3.8) is 0 Å². The zero-order valence-corrected chi connectivity index (χ0v) is 18.3. The highest BCUT2D eigenvalue weighted by Crippen LogP contribution is 2.40. The second kappa shape index (κ2) is 8.44. The number of nitrogens with two attached hydrogens (primary N) is 1. The first-order chi connectivity index (χ1) is 15.5. The fourth-order valence-corrected chi connectivity index (χ4v) is 4.20. The average Bonchev–Trinajstić information content (AvgIpc) is 3.30. The van der Waals surface area contributed by atoms with E-state index in [2.05, 4.69) is 28.0 Å². The third-order valence-electron chi connectivity index (χ3n) is 5.74. The molecule has 1 amide bonds. The van der Waals surface area contributed by atoms with E-state index in [1.165, 1.54) is 0 Å². The minimum absolute atomic E-state index is 0.0910. The van der Waals surface area contributed by atoms with E-state index >= 15 is 0 Å². The Kier molecular flexibility index (Phi) is 5.48. The van der Waals surface area contributed by atoms with Gasteiger partial charge in [0.1, 0.15) is 17.4 Å². The molecule has 3 aromatic rings. The molecule has 2 atom stereocenters. The molecule has 10 heteroatoms. The summed E-state index contributed by atoms with van der Waals surface area (Å²) in [4.78, 5) is 16.6. The van der Waals surface area contributed by atoms with Crippen molar-refractivity contribution in [3.8, 4) is 5.75 Å². The van der Waals surface area contributed by atoms with E-state index in [0.717, 1.165) is 36.3 Å². The van der Waals surface area contributed by atoms with Crippen LogP contribution in [0.2, 0.25) is 0 Å². The Balaban J connectivity index is 1.50. The largest absolute Gasteiger partial charge is 0.491 e. The Morgan fingerprint density at radius 1 is 1.25 bits per heavy atom. The SMILES string of the molecule is CCn1nc(C)cc1C1OC1Nc1nc2cc(C(N)=O)cc3c2n1CCCOCCCO3. The summed E-state index contributed by atoms with van der Waals surface area (Å²) in [6.07, 6.45) is 1.29. The van der Waals surface area contributed by atoms with Crippen molar-refractivity contribution in [1.82, 2.24) is 19.3 Å². The first-order valence-corrected chi connectivity index (χ1v) is 11.1. The number of aryl methyl sites for hydroxylation is 3. The van der Waals surface area contributed by atoms with Crippen LogP contribution >= 0.6 is 0 Å². The van der Waals surface area contributed by atoms with E-state index in [9.17, 15) is 4.79 Å². The van der Waals surface area contributed by atoms with Crippen molar-refractivity contribution < 1.29 is 19.0 Å². The zero-order valence-electron chi connectivity index (χ0n) is 18.3. The fraction of sp³-hybridized carbons (Fsp3) is 0.500. The molecule has 32 heavy (non-hydrogen) atoms. The van der Waals surface area contributed by atoms with Gasteiger partial charge in [-0.05, 0) is 38.5 Å². The van der Waals surface area contributed by atoms with Gasteiger partial charge in [0, 0.05) is 38.3 Å². The molecule has 0 saturated carbocycles. The van der Waals surface area contributed by atoms with Crippen LogP contribution < -0.4 is 15.8 Å². The molecule has 2 unspecified atom stereocenters. The number of nitrogens with zero attached hydrogens (tertiary/aromatic N) is 4. The predicted octanol–water partition coefficient (Wildman–Crippen LogP) is 2.36. The van der Waals surface area contributed by atoms with E-state index < -0.39 is 5.91 Å². The lowest BCUT2D eigenvalue weighted by Crippen LogP contribution is -2.13. The lowest BCUT2D eigenvalue weighted by Gasteiger charge is -2.12. The number of ether oxygens (including phenoxy) is 3. The van der Waals surface area contributed by atoms with Gasteiger partial charge in [-0.2, -0.15) is 5.10 Å². The van der Waals surface area contributed by atoms with Gasteiger partial charge >= 0.3 is 0 Å². The van der Waals surface area contributed by atoms with Crippen LogP contribution in [0.5, 0.6) is 5.75 Å². The van der Waals surface area contributed by atoms with Crippen LogP contribution in [0.4, 0.5) is 5.95 Å². The second-order valence-electron chi connectivity index (χ2n) is 8.11. The van der Waals surface area contributed by atoms with Gasteiger partial charge in [-0.15, -0.1) is 0 Å². The highest BCUT2D eigenvalue weighted by Gasteiger charge is 2.43. The summed E-state index contributed by atoms with van der Waals surface area (Å²) >= 11 is 0. The minimum atomic E-state index is -0.512. The first kappa shape index (κ1) is 20.8. The number of hydrogen-bond donors (Lipinski definition) is 2. The molecule has 2 aliphatic rings. The molecule has 2 aliphatic heterocycles. The molecular weight excluding hydrogens is 412 g/mol. The summed E-state index contributed by atoms with van der Waals surface area (Å²) in [6, 6.07) is 5.46. The number of anilines is 1. The summed E-state index contributed by atoms with van der Waals surface area (Å²) in [5, 5.41) is 7.93. The number of nitrogens with one attached hydrogen (secondary N) is 1. The molecule has 0 radical (unpaired) electrons. The van der Waals surface area contributed by atoms with Crippen LogP contribution in [0.25, 0.3) is 11.0 Å². The number of imidazole rings is 1. The Morgan fingerprint density at radius 2 is 2.09 bits per heavy atom. The van der Waals surface area contributed by atoms with Crippen molar-refractivity contribution in [3.05, 3.63) is 35.2 Å². The lowest BCUT2D eigenvalue weighted by atomic mass is 10.1. The third-order valence-corrected chi connectivity index (χ3v) is 5.74. The fourth-order valence-electron chi connectivity index (χ4n) is 4.20. The van der Waals surface area contributed by atoms with Crippen LogP contribution in [-0.4, -0.2) is 51.3 Å². The number of hydrogen-bond acceptors (Lipinski definition) is 7. The van der Waals surface area contributed by atoms with Crippen molar-refractivity contribution in [1.29, 1.82) is 0 Å². The second-order valence-corrected chi connectivity index (χ2v) is 8.11. The Hall–Kier alpha value is -3.11. The van der Waals surface area contributed by atoms with Crippen molar-refractivity contribution in [2.45, 2.75) is 52.1 Å². The highest BCUT2D eigenvalue weighted by molar-refractivity contribution is 5.98. The van der Waals surface area contributed by atoms with Crippen LogP contribution in [0.1, 0.15) is 47.6 Å². The standard InChI is InChI=1S/C22H28N6O4/c1-3-28-16(10-13(2)26-28)19-21(32-19)25-22-24-15-11-14(20(23)29)12-17-18(15)27(22)6-4-7-30-8-5-9-31-17/h10-12,19,21H,3-9H2,1-2H3,(H2,23,29)(H,24,25). The summed E-state index contributed by atoms with van der Waals surface area (Å²) in [6.45, 7) is 7.29. The van der Waals surface area contributed by atoms with Gasteiger partial charge in [-0.3, -0.25) is 9.48 Å². The Morgan fingerprint density at radius 3 is 2.91 bits per heavy atom. The molecule has 1 aromatic carbocycles. The van der Waals surface area contributed by atoms with E-state index in [-0.39, 0.29) is 12.3 Å². The monoisotopic (exact) mass is 440 g/mol. The molecule has 170 valence electrons. The van der Waals surface area contributed by atoms with Crippen molar-refractivity contribution >= 4 is 22.9 Å². The maximum Gasteiger partial charge on any atom is 0.248 e. The van der Waals surface area contributed by atoms with Gasteiger partial charge in [-0.1, -0.05) is 0 Å². The third kappa shape index (κ3) is 3.91. The zero-order chi connectivity index (χ0) is 22.2. The maximum atomic E-state index is 11.9. The molecule has 4 heterocycles. The van der Waals surface area contributed by atoms with Gasteiger partial charge in [0.15, 0.2) is 6.23 Å². The topological polar surface area (TPSA) is 122 Å². The van der Waals surface area contributed by atoms with E-state index in [1.54, 1.807) is 12.1 Å². The maximum absolute atomic E-state index is 11.9. The Bertz CT molecular complexity index is 1150. The normalized spacial score (nSPS) is 21.1. The van der Waals surface area contributed by atoms with Gasteiger partial charge in [0.2, 0.25) is 11.9 Å². The van der Waals surface area contributed by atoms with Crippen LogP contribution in [-0.2, 0) is 22.6 Å². The number of rotatable bonds is 5. The molecule has 3 N–H and O–H groups in total. The predicted molar refractivity (Wildman–Crippen MR) is 118 cm³/mol. The molecule has 0 bridgehead atoms. The van der Waals surface area contributed by atoms with Crippen molar-refractivity contribution in [2.75, 3.05) is 25.1 Å².